The van der Waals surface area contributed by atoms with E-state index >= 15 is 0 Å². The Morgan fingerprint density at radius 3 is 2.54 bits per heavy atom. The summed E-state index contributed by atoms with van der Waals surface area (Å²) in [6, 6.07) is 12.2. The topological polar surface area (TPSA) is 101 Å². The molecule has 4 aromatic rings. The molecule has 8 heteroatoms. The minimum Gasteiger partial charge on any atom is -0.396 e. The van der Waals surface area contributed by atoms with Gasteiger partial charge in [0, 0.05) is 24.6 Å². The zero-order valence-corrected chi connectivity index (χ0v) is 22.7. The Labute approximate surface area is 240 Å². The molecule has 0 unspecified atom stereocenters. The fourth-order valence-corrected chi connectivity index (χ4v) is 6.47. The molecule has 3 heterocycles. The predicted molar refractivity (Wildman–Crippen MR) is 145 cm³/mol. The number of benzene rings is 2. The van der Waals surface area contributed by atoms with Crippen LogP contribution in [-0.4, -0.2) is 42.6 Å². The summed E-state index contributed by atoms with van der Waals surface area (Å²) in [6.45, 7) is 2.00. The van der Waals surface area contributed by atoms with Gasteiger partial charge in [0.15, 0.2) is 5.82 Å². The van der Waals surface area contributed by atoms with Crippen LogP contribution in [0.3, 0.4) is 0 Å². The molecule has 3 aliphatic rings. The molecule has 0 bridgehead atoms. The number of aromatic nitrogens is 4. The van der Waals surface area contributed by atoms with Crippen LogP contribution in [0.2, 0.25) is 0 Å². The summed E-state index contributed by atoms with van der Waals surface area (Å²) < 4.78 is 2.25. The van der Waals surface area contributed by atoms with Crippen molar-refractivity contribution >= 4 is 17.3 Å². The molecule has 2 fully saturated rings. The van der Waals surface area contributed by atoms with Gasteiger partial charge in [0.25, 0.3) is 0 Å². The van der Waals surface area contributed by atoms with Gasteiger partial charge in [0.2, 0.25) is 0 Å². The first-order valence-electron chi connectivity index (χ1n) is 12.9. The monoisotopic (exact) mass is 514 g/mol. The summed E-state index contributed by atoms with van der Waals surface area (Å²) in [4.78, 5) is 25.8. The summed E-state index contributed by atoms with van der Waals surface area (Å²) in [5.74, 6) is 1.84. The van der Waals surface area contributed by atoms with Gasteiger partial charge in [-0.2, -0.15) is 6.07 Å². The van der Waals surface area contributed by atoms with Gasteiger partial charge >= 0.3 is 18.9 Å². The predicted octanol–water partition coefficient (Wildman–Crippen LogP) is 1.81. The van der Waals surface area contributed by atoms with E-state index in [-0.39, 0.29) is 44.4 Å². The average Bonchev–Trinajstić information content (AvgIpc) is 3.58. The Morgan fingerprint density at radius 2 is 1.87 bits per heavy atom. The standard InChI is InChI=1S/C30H28N4O3.CH3.Li/c1-29(17-36)15-30(37,16-29)28-31-12-21(13-32-28)19-7-8-23-25(11-19)34-24(9-10-26(34)33-23)27-20(14-35)3-2-4-22(27)18-5-6-18;;/h2-4,7-8,10-13,18,24,36-37H,5-6,9,15-17H2,1H3;1H3;/q-2;-1;+1/t24-,29?,30?;;/m1../s1. The van der Waals surface area contributed by atoms with Crippen molar-refractivity contribution in [3.05, 3.63) is 91.0 Å². The van der Waals surface area contributed by atoms with Crippen LogP contribution in [0.4, 0.5) is 0 Å². The van der Waals surface area contributed by atoms with Crippen LogP contribution < -0.4 is 18.9 Å². The Hall–Kier alpha value is -2.95. The van der Waals surface area contributed by atoms with Gasteiger partial charge in [-0.05, 0) is 66.6 Å². The number of carbonyl (C=O) groups excluding carboxylic acids is 1. The summed E-state index contributed by atoms with van der Waals surface area (Å²) >= 11 is 0. The van der Waals surface area contributed by atoms with E-state index in [1.54, 1.807) is 12.4 Å². The Balaban J connectivity index is 0.00000154. The third-order valence-corrected chi connectivity index (χ3v) is 8.37. The van der Waals surface area contributed by atoms with Crippen LogP contribution >= 0.6 is 0 Å². The van der Waals surface area contributed by atoms with Crippen molar-refractivity contribution in [2.75, 3.05) is 6.61 Å². The molecule has 0 amide bonds. The van der Waals surface area contributed by atoms with Crippen molar-refractivity contribution in [2.45, 2.75) is 56.6 Å². The van der Waals surface area contributed by atoms with E-state index < -0.39 is 5.60 Å². The molecule has 1 aliphatic heterocycles. The number of hydrogen-bond donors (Lipinski definition) is 2. The third-order valence-electron chi connectivity index (χ3n) is 8.37. The van der Waals surface area contributed by atoms with E-state index in [9.17, 15) is 15.0 Å². The van der Waals surface area contributed by atoms with E-state index in [1.165, 1.54) is 5.56 Å². The van der Waals surface area contributed by atoms with Crippen LogP contribution in [0.25, 0.3) is 22.2 Å². The fraction of sp³-hybridized carbons (Fsp3) is 0.355. The Kier molecular flexibility index (Phi) is 7.01. The summed E-state index contributed by atoms with van der Waals surface area (Å²) in [6.07, 6.45) is 11.9. The maximum atomic E-state index is 11.9. The number of rotatable bonds is 6. The number of aliphatic hydroxyl groups is 2. The van der Waals surface area contributed by atoms with Gasteiger partial charge in [0.1, 0.15) is 5.60 Å². The number of hydrogen-bond acceptors (Lipinski definition) is 6. The molecular formula is C31H31LiN4O3-2. The molecule has 1 atom stereocenters. The van der Waals surface area contributed by atoms with E-state index in [0.29, 0.717) is 30.1 Å². The fourth-order valence-electron chi connectivity index (χ4n) is 6.47. The van der Waals surface area contributed by atoms with E-state index in [4.69, 9.17) is 4.98 Å². The first-order chi connectivity index (χ1) is 17.9. The number of imidazole rings is 1. The molecule has 2 N–H and O–H groups in total. The molecule has 0 saturated heterocycles. The Morgan fingerprint density at radius 1 is 1.13 bits per heavy atom. The number of nitrogens with zero attached hydrogens (tertiary/aromatic N) is 4. The van der Waals surface area contributed by atoms with Crippen molar-refractivity contribution in [2.24, 2.45) is 5.41 Å². The van der Waals surface area contributed by atoms with Crippen LogP contribution in [0, 0.1) is 19.3 Å². The minimum atomic E-state index is -1.09. The van der Waals surface area contributed by atoms with Crippen molar-refractivity contribution in [1.82, 2.24) is 19.5 Å². The molecule has 7 rings (SSSR count). The van der Waals surface area contributed by atoms with Gasteiger partial charge in [0.05, 0.1) is 17.3 Å². The van der Waals surface area contributed by atoms with E-state index in [2.05, 4.69) is 39.4 Å². The molecule has 2 saturated carbocycles. The van der Waals surface area contributed by atoms with Crippen LogP contribution in [0.1, 0.15) is 79.3 Å². The van der Waals surface area contributed by atoms with Crippen molar-refractivity contribution in [3.8, 4) is 11.1 Å². The number of aliphatic hydroxyl groups excluding tert-OH is 1. The van der Waals surface area contributed by atoms with Crippen LogP contribution in [0.15, 0.2) is 48.8 Å². The van der Waals surface area contributed by atoms with E-state index in [1.807, 2.05) is 31.2 Å². The summed E-state index contributed by atoms with van der Waals surface area (Å²) in [5, 5.41) is 20.4. The first kappa shape index (κ1) is 27.6. The third kappa shape index (κ3) is 4.42. The van der Waals surface area contributed by atoms with Crippen molar-refractivity contribution < 1.29 is 33.9 Å². The molecule has 0 radical (unpaired) electrons. The molecule has 2 aromatic carbocycles. The second kappa shape index (κ2) is 9.90. The second-order valence-corrected chi connectivity index (χ2v) is 11.3. The normalized spacial score (nSPS) is 25.2. The van der Waals surface area contributed by atoms with E-state index in [0.717, 1.165) is 52.8 Å². The number of fused-ring (bicyclic) bond motifs is 3. The Bertz CT molecular complexity index is 1540. The maximum absolute atomic E-state index is 11.9. The SMILES string of the molecule is CC1(CO)CC(O)(c2ncc(-c3ccc4nc5n(c4c3)[C@@H](c3c([C-]=O)cccc3C3CC3)C[CH-]5)cn2)C1.[CH3-].[Li+]. The van der Waals surface area contributed by atoms with Crippen LogP contribution in [-0.2, 0) is 10.4 Å². The molecule has 2 aromatic heterocycles. The van der Waals surface area contributed by atoms with Gasteiger partial charge in [-0.15, -0.1) is 23.6 Å². The van der Waals surface area contributed by atoms with Gasteiger partial charge < -0.3 is 33.4 Å². The smallest absolute Gasteiger partial charge is 0.396 e. The van der Waals surface area contributed by atoms with Crippen molar-refractivity contribution in [1.29, 1.82) is 0 Å². The second-order valence-electron chi connectivity index (χ2n) is 11.3. The minimum absolute atomic E-state index is 0. The largest absolute Gasteiger partial charge is 1.00 e. The van der Waals surface area contributed by atoms with Crippen molar-refractivity contribution in [3.63, 3.8) is 0 Å². The molecule has 39 heavy (non-hydrogen) atoms. The molecule has 0 spiro atoms. The zero-order chi connectivity index (χ0) is 25.4. The quantitative estimate of drug-likeness (QED) is 0.301. The van der Waals surface area contributed by atoms with Crippen LogP contribution in [0.5, 0.6) is 0 Å². The molecule has 196 valence electrons. The molecular weight excluding hydrogens is 483 g/mol. The summed E-state index contributed by atoms with van der Waals surface area (Å²) in [7, 11) is 0. The zero-order valence-electron chi connectivity index (χ0n) is 22.7. The van der Waals surface area contributed by atoms with Gasteiger partial charge in [-0.3, -0.25) is 4.98 Å². The van der Waals surface area contributed by atoms with Gasteiger partial charge in [-0.25, -0.2) is 9.97 Å². The molecule has 7 nitrogen and oxygen atoms in total. The van der Waals surface area contributed by atoms with Gasteiger partial charge in [-0.1, -0.05) is 24.6 Å². The maximum Gasteiger partial charge on any atom is 1.00 e. The first-order valence-corrected chi connectivity index (χ1v) is 12.9. The summed E-state index contributed by atoms with van der Waals surface area (Å²) in [5.41, 5.74) is 5.35. The average molecular weight is 515 g/mol. The molecule has 2 aliphatic carbocycles.